The molecule has 0 aliphatic rings. The van der Waals surface area contributed by atoms with Crippen LogP contribution in [0.2, 0.25) is 0 Å². The fourth-order valence-electron chi connectivity index (χ4n) is 1.32. The zero-order valence-electron chi connectivity index (χ0n) is 10.4. The Kier molecular flexibility index (Phi) is 5.26. The second-order valence-corrected chi connectivity index (χ2v) is 3.95. The highest BCUT2D eigenvalue weighted by molar-refractivity contribution is 5.76. The molecule has 1 aromatic rings. The molecule has 1 rings (SSSR count). The summed E-state index contributed by atoms with van der Waals surface area (Å²) >= 11 is 0. The number of carbonyl (C=O) groups excluding carboxylic acids is 1. The third-order valence-electron chi connectivity index (χ3n) is 2.38. The number of nitrogens with two attached hydrogens (primary N) is 1. The van der Waals surface area contributed by atoms with Crippen LogP contribution in [0.4, 0.5) is 11.5 Å². The molecule has 1 heterocycles. The van der Waals surface area contributed by atoms with E-state index in [1.54, 1.807) is 6.20 Å². The van der Waals surface area contributed by atoms with Crippen LogP contribution in [0.1, 0.15) is 25.3 Å². The summed E-state index contributed by atoms with van der Waals surface area (Å²) in [6, 6.07) is 1.87. The minimum absolute atomic E-state index is 0.0616. The number of aryl methyl sites for hydroxylation is 1. The molecular formula is C12H20N4O. The van der Waals surface area contributed by atoms with Crippen LogP contribution in [0.5, 0.6) is 0 Å². The van der Waals surface area contributed by atoms with Gasteiger partial charge in [0.05, 0.1) is 11.9 Å². The fourth-order valence-corrected chi connectivity index (χ4v) is 1.32. The van der Waals surface area contributed by atoms with E-state index in [0.29, 0.717) is 18.7 Å². The molecule has 1 aromatic heterocycles. The van der Waals surface area contributed by atoms with Gasteiger partial charge in [0.25, 0.3) is 0 Å². The Labute approximate surface area is 102 Å². The first-order valence-electron chi connectivity index (χ1n) is 5.86. The van der Waals surface area contributed by atoms with Crippen molar-refractivity contribution in [2.45, 2.75) is 26.7 Å². The molecule has 0 atom stereocenters. The van der Waals surface area contributed by atoms with Gasteiger partial charge in [-0.05, 0) is 25.0 Å². The van der Waals surface area contributed by atoms with Gasteiger partial charge in [-0.2, -0.15) is 0 Å². The van der Waals surface area contributed by atoms with Crippen LogP contribution in [0.25, 0.3) is 0 Å². The molecule has 5 heteroatoms. The van der Waals surface area contributed by atoms with Crippen LogP contribution >= 0.6 is 0 Å². The SMILES string of the molecule is CCCNC(=O)CCNc1cc(C)c(N)cn1. The maximum Gasteiger partial charge on any atom is 0.221 e. The Bertz CT molecular complexity index is 379. The van der Waals surface area contributed by atoms with Crippen LogP contribution in [-0.2, 0) is 4.79 Å². The lowest BCUT2D eigenvalue weighted by atomic mass is 10.2. The molecule has 0 aromatic carbocycles. The average molecular weight is 236 g/mol. The van der Waals surface area contributed by atoms with Crippen molar-refractivity contribution in [1.29, 1.82) is 0 Å². The maximum absolute atomic E-state index is 11.3. The molecule has 0 saturated carbocycles. The molecule has 0 bridgehead atoms. The normalized spacial score (nSPS) is 10.0. The highest BCUT2D eigenvalue weighted by atomic mass is 16.1. The topological polar surface area (TPSA) is 80.0 Å². The highest BCUT2D eigenvalue weighted by Gasteiger charge is 2.01. The van der Waals surface area contributed by atoms with Gasteiger partial charge in [0.1, 0.15) is 5.82 Å². The number of hydrogen-bond acceptors (Lipinski definition) is 4. The van der Waals surface area contributed by atoms with Gasteiger partial charge in [0, 0.05) is 19.5 Å². The lowest BCUT2D eigenvalue weighted by Crippen LogP contribution is -2.25. The average Bonchev–Trinajstić information content (AvgIpc) is 2.31. The number of nitrogen functional groups attached to an aromatic ring is 1. The second-order valence-electron chi connectivity index (χ2n) is 3.95. The van der Waals surface area contributed by atoms with Crippen LogP contribution in [0.3, 0.4) is 0 Å². The van der Waals surface area contributed by atoms with Gasteiger partial charge in [0.15, 0.2) is 0 Å². The first kappa shape index (κ1) is 13.3. The number of anilines is 2. The first-order valence-corrected chi connectivity index (χ1v) is 5.86. The molecule has 0 unspecified atom stereocenters. The van der Waals surface area contributed by atoms with Crippen molar-refractivity contribution >= 4 is 17.4 Å². The Morgan fingerprint density at radius 2 is 2.24 bits per heavy atom. The zero-order chi connectivity index (χ0) is 12.7. The minimum Gasteiger partial charge on any atom is -0.397 e. The predicted octanol–water partition coefficient (Wildman–Crippen LogP) is 1.30. The number of hydrogen-bond donors (Lipinski definition) is 3. The van der Waals surface area contributed by atoms with E-state index in [0.717, 1.165) is 24.3 Å². The number of pyridine rings is 1. The third-order valence-corrected chi connectivity index (χ3v) is 2.38. The Morgan fingerprint density at radius 1 is 1.47 bits per heavy atom. The van der Waals surface area contributed by atoms with E-state index in [2.05, 4.69) is 15.6 Å². The first-order chi connectivity index (χ1) is 8.13. The molecule has 0 radical (unpaired) electrons. The van der Waals surface area contributed by atoms with Gasteiger partial charge in [-0.25, -0.2) is 4.98 Å². The number of nitrogens with one attached hydrogen (secondary N) is 2. The smallest absolute Gasteiger partial charge is 0.221 e. The lowest BCUT2D eigenvalue weighted by molar-refractivity contribution is -0.120. The number of rotatable bonds is 6. The Balaban J connectivity index is 2.30. The van der Waals surface area contributed by atoms with E-state index < -0.39 is 0 Å². The zero-order valence-corrected chi connectivity index (χ0v) is 10.4. The van der Waals surface area contributed by atoms with Crippen LogP contribution < -0.4 is 16.4 Å². The van der Waals surface area contributed by atoms with Gasteiger partial charge in [0.2, 0.25) is 5.91 Å². The molecule has 0 saturated heterocycles. The summed E-state index contributed by atoms with van der Waals surface area (Å²) < 4.78 is 0. The van der Waals surface area contributed by atoms with E-state index in [9.17, 15) is 4.79 Å². The van der Waals surface area contributed by atoms with Gasteiger partial charge in [-0.15, -0.1) is 0 Å². The van der Waals surface area contributed by atoms with E-state index in [4.69, 9.17) is 5.73 Å². The van der Waals surface area contributed by atoms with Gasteiger partial charge < -0.3 is 16.4 Å². The summed E-state index contributed by atoms with van der Waals surface area (Å²) in [6.45, 7) is 5.26. The third kappa shape index (κ3) is 4.72. The molecule has 5 nitrogen and oxygen atoms in total. The van der Waals surface area contributed by atoms with Crippen molar-refractivity contribution in [3.05, 3.63) is 17.8 Å². The van der Waals surface area contributed by atoms with Gasteiger partial charge in [-0.3, -0.25) is 4.79 Å². The number of carbonyl (C=O) groups is 1. The van der Waals surface area contributed by atoms with Crippen LogP contribution in [0, 0.1) is 6.92 Å². The summed E-state index contributed by atoms with van der Waals surface area (Å²) in [6.07, 6.45) is 3.03. The number of amides is 1. The molecule has 4 N–H and O–H groups in total. The van der Waals surface area contributed by atoms with Crippen molar-refractivity contribution in [1.82, 2.24) is 10.3 Å². The quantitative estimate of drug-likeness (QED) is 0.695. The monoisotopic (exact) mass is 236 g/mol. The van der Waals surface area contributed by atoms with Crippen molar-refractivity contribution < 1.29 is 4.79 Å². The summed E-state index contributed by atoms with van der Waals surface area (Å²) in [5, 5.41) is 5.91. The lowest BCUT2D eigenvalue weighted by Gasteiger charge is -2.07. The molecule has 0 spiro atoms. The molecule has 94 valence electrons. The Morgan fingerprint density at radius 3 is 2.88 bits per heavy atom. The van der Waals surface area contributed by atoms with Crippen molar-refractivity contribution in [2.75, 3.05) is 24.1 Å². The fraction of sp³-hybridized carbons (Fsp3) is 0.500. The summed E-state index contributed by atoms with van der Waals surface area (Å²) in [4.78, 5) is 15.5. The molecule has 0 aliphatic carbocycles. The van der Waals surface area contributed by atoms with E-state index in [-0.39, 0.29) is 5.91 Å². The van der Waals surface area contributed by atoms with Gasteiger partial charge in [-0.1, -0.05) is 6.92 Å². The Hall–Kier alpha value is -1.78. The number of nitrogens with zero attached hydrogens (tertiary/aromatic N) is 1. The standard InChI is InChI=1S/C12H20N4O/c1-3-5-15-12(17)4-6-14-11-7-9(2)10(13)8-16-11/h7-8H,3-6,13H2,1-2H3,(H,14,16)(H,15,17). The molecular weight excluding hydrogens is 216 g/mol. The second kappa shape index (κ2) is 6.73. The summed E-state index contributed by atoms with van der Waals surface area (Å²) in [7, 11) is 0. The van der Waals surface area contributed by atoms with Crippen molar-refractivity contribution in [3.63, 3.8) is 0 Å². The molecule has 0 aliphatic heterocycles. The highest BCUT2D eigenvalue weighted by Crippen LogP contribution is 2.12. The van der Waals surface area contributed by atoms with Crippen LogP contribution in [0.15, 0.2) is 12.3 Å². The van der Waals surface area contributed by atoms with E-state index >= 15 is 0 Å². The minimum atomic E-state index is 0.0616. The summed E-state index contributed by atoms with van der Waals surface area (Å²) in [5.74, 6) is 0.812. The molecule has 1 amide bonds. The number of aromatic nitrogens is 1. The van der Waals surface area contributed by atoms with E-state index in [1.807, 2.05) is 19.9 Å². The van der Waals surface area contributed by atoms with E-state index in [1.165, 1.54) is 0 Å². The van der Waals surface area contributed by atoms with Crippen molar-refractivity contribution in [2.24, 2.45) is 0 Å². The summed E-state index contributed by atoms with van der Waals surface area (Å²) in [5.41, 5.74) is 7.33. The van der Waals surface area contributed by atoms with Gasteiger partial charge >= 0.3 is 0 Å². The maximum atomic E-state index is 11.3. The van der Waals surface area contributed by atoms with Crippen LogP contribution in [-0.4, -0.2) is 24.0 Å². The molecule has 17 heavy (non-hydrogen) atoms. The predicted molar refractivity (Wildman–Crippen MR) is 69.8 cm³/mol. The van der Waals surface area contributed by atoms with Crippen molar-refractivity contribution in [3.8, 4) is 0 Å². The molecule has 0 fully saturated rings. The largest absolute Gasteiger partial charge is 0.397 e.